The van der Waals surface area contributed by atoms with Crippen molar-refractivity contribution in [2.75, 3.05) is 11.1 Å². The van der Waals surface area contributed by atoms with E-state index in [9.17, 15) is 0 Å². The lowest BCUT2D eigenvalue weighted by atomic mass is 10.1. The average molecular weight is 232 g/mol. The number of rotatable bonds is 4. The molecule has 0 aliphatic rings. The van der Waals surface area contributed by atoms with Crippen LogP contribution in [0, 0.1) is 0 Å². The van der Waals surface area contributed by atoms with Crippen molar-refractivity contribution < 1.29 is 0 Å². The summed E-state index contributed by atoms with van der Waals surface area (Å²) in [6, 6.07) is 10.3. The second-order valence-corrected chi connectivity index (χ2v) is 4.66. The number of aryl methyl sites for hydroxylation is 1. The van der Waals surface area contributed by atoms with Crippen LogP contribution in [0.5, 0.6) is 0 Å². The van der Waals surface area contributed by atoms with Crippen molar-refractivity contribution in [1.82, 2.24) is 0 Å². The SMILES string of the molecule is CCc1ccccc1NCc1sccc1N. The molecule has 2 rings (SSSR count). The second kappa shape index (κ2) is 5.03. The van der Waals surface area contributed by atoms with E-state index in [1.807, 2.05) is 11.4 Å². The zero-order chi connectivity index (χ0) is 11.4. The smallest absolute Gasteiger partial charge is 0.0514 e. The van der Waals surface area contributed by atoms with E-state index >= 15 is 0 Å². The number of nitrogen functional groups attached to an aromatic ring is 1. The summed E-state index contributed by atoms with van der Waals surface area (Å²) in [6.45, 7) is 2.97. The molecule has 0 amide bonds. The standard InChI is InChI=1S/C13H16N2S/c1-2-10-5-3-4-6-12(10)15-9-13-11(14)7-8-16-13/h3-8,15H,2,9,14H2,1H3. The van der Waals surface area contributed by atoms with Crippen LogP contribution in [-0.4, -0.2) is 0 Å². The van der Waals surface area contributed by atoms with Gasteiger partial charge in [-0.05, 0) is 29.5 Å². The van der Waals surface area contributed by atoms with Crippen molar-refractivity contribution in [3.63, 3.8) is 0 Å². The Kier molecular flexibility index (Phi) is 3.47. The van der Waals surface area contributed by atoms with Gasteiger partial charge < -0.3 is 11.1 Å². The Morgan fingerprint density at radius 2 is 2.06 bits per heavy atom. The largest absolute Gasteiger partial charge is 0.398 e. The highest BCUT2D eigenvalue weighted by Gasteiger charge is 2.02. The minimum Gasteiger partial charge on any atom is -0.398 e. The summed E-state index contributed by atoms with van der Waals surface area (Å²) in [5.74, 6) is 0. The van der Waals surface area contributed by atoms with Crippen molar-refractivity contribution in [1.29, 1.82) is 0 Å². The van der Waals surface area contributed by atoms with Gasteiger partial charge in [-0.1, -0.05) is 25.1 Å². The quantitative estimate of drug-likeness (QED) is 0.846. The Morgan fingerprint density at radius 1 is 1.25 bits per heavy atom. The van der Waals surface area contributed by atoms with Gasteiger partial charge >= 0.3 is 0 Å². The van der Waals surface area contributed by atoms with E-state index in [1.54, 1.807) is 11.3 Å². The molecule has 0 bridgehead atoms. The van der Waals surface area contributed by atoms with Gasteiger partial charge in [0.2, 0.25) is 0 Å². The van der Waals surface area contributed by atoms with Crippen LogP contribution in [0.4, 0.5) is 11.4 Å². The summed E-state index contributed by atoms with van der Waals surface area (Å²) in [6.07, 6.45) is 1.04. The minimum absolute atomic E-state index is 0.806. The number of nitrogens with two attached hydrogens (primary N) is 1. The van der Waals surface area contributed by atoms with Crippen LogP contribution < -0.4 is 11.1 Å². The van der Waals surface area contributed by atoms with Crippen molar-refractivity contribution in [3.05, 3.63) is 46.2 Å². The van der Waals surface area contributed by atoms with E-state index in [0.29, 0.717) is 0 Å². The summed E-state index contributed by atoms with van der Waals surface area (Å²) in [5.41, 5.74) is 9.28. The first-order valence-corrected chi connectivity index (χ1v) is 6.33. The van der Waals surface area contributed by atoms with Crippen LogP contribution in [0.1, 0.15) is 17.4 Å². The van der Waals surface area contributed by atoms with Gasteiger partial charge in [0, 0.05) is 16.3 Å². The van der Waals surface area contributed by atoms with Crippen LogP contribution in [0.2, 0.25) is 0 Å². The predicted molar refractivity (Wildman–Crippen MR) is 71.9 cm³/mol. The fourth-order valence-electron chi connectivity index (χ4n) is 1.67. The molecule has 0 spiro atoms. The molecule has 1 aromatic heterocycles. The van der Waals surface area contributed by atoms with Crippen LogP contribution in [-0.2, 0) is 13.0 Å². The van der Waals surface area contributed by atoms with Gasteiger partial charge in [-0.25, -0.2) is 0 Å². The van der Waals surface area contributed by atoms with Gasteiger partial charge in [-0.2, -0.15) is 0 Å². The first-order valence-electron chi connectivity index (χ1n) is 5.45. The molecule has 1 heterocycles. The highest BCUT2D eigenvalue weighted by Crippen LogP contribution is 2.22. The number of benzene rings is 1. The molecule has 3 N–H and O–H groups in total. The first-order chi connectivity index (χ1) is 7.81. The third-order valence-corrected chi connectivity index (χ3v) is 3.55. The lowest BCUT2D eigenvalue weighted by molar-refractivity contribution is 1.11. The van der Waals surface area contributed by atoms with E-state index in [-0.39, 0.29) is 0 Å². The molecular formula is C13H16N2S. The van der Waals surface area contributed by atoms with Gasteiger partial charge in [0.15, 0.2) is 0 Å². The maximum Gasteiger partial charge on any atom is 0.0514 e. The predicted octanol–water partition coefficient (Wildman–Crippen LogP) is 3.50. The van der Waals surface area contributed by atoms with E-state index < -0.39 is 0 Å². The molecule has 16 heavy (non-hydrogen) atoms. The minimum atomic E-state index is 0.806. The number of nitrogens with one attached hydrogen (secondary N) is 1. The number of hydrogen-bond acceptors (Lipinski definition) is 3. The molecule has 2 nitrogen and oxygen atoms in total. The highest BCUT2D eigenvalue weighted by molar-refractivity contribution is 7.10. The number of hydrogen-bond donors (Lipinski definition) is 2. The van der Waals surface area contributed by atoms with Crippen molar-refractivity contribution in [2.24, 2.45) is 0 Å². The van der Waals surface area contributed by atoms with Gasteiger partial charge in [0.1, 0.15) is 0 Å². The number of thiophene rings is 1. The molecule has 0 saturated heterocycles. The fraction of sp³-hybridized carbons (Fsp3) is 0.231. The van der Waals surface area contributed by atoms with Crippen LogP contribution >= 0.6 is 11.3 Å². The van der Waals surface area contributed by atoms with E-state index in [2.05, 4.69) is 36.5 Å². The second-order valence-electron chi connectivity index (χ2n) is 3.66. The molecule has 0 atom stereocenters. The van der Waals surface area contributed by atoms with Gasteiger partial charge in [-0.15, -0.1) is 11.3 Å². The summed E-state index contributed by atoms with van der Waals surface area (Å²) in [4.78, 5) is 1.20. The molecule has 2 aromatic rings. The van der Waals surface area contributed by atoms with E-state index in [1.165, 1.54) is 16.1 Å². The Balaban J connectivity index is 2.07. The Morgan fingerprint density at radius 3 is 2.75 bits per heavy atom. The summed E-state index contributed by atoms with van der Waals surface area (Å²) in [7, 11) is 0. The topological polar surface area (TPSA) is 38.0 Å². The zero-order valence-corrected chi connectivity index (χ0v) is 10.2. The zero-order valence-electron chi connectivity index (χ0n) is 9.36. The average Bonchev–Trinajstić information content (AvgIpc) is 2.72. The lowest BCUT2D eigenvalue weighted by Crippen LogP contribution is -2.02. The van der Waals surface area contributed by atoms with Crippen molar-refractivity contribution in [2.45, 2.75) is 19.9 Å². The Bertz CT molecular complexity index is 462. The van der Waals surface area contributed by atoms with E-state index in [4.69, 9.17) is 5.73 Å². The summed E-state index contributed by atoms with van der Waals surface area (Å²) >= 11 is 1.69. The maximum atomic E-state index is 5.85. The summed E-state index contributed by atoms with van der Waals surface area (Å²) in [5, 5.41) is 5.46. The van der Waals surface area contributed by atoms with Crippen molar-refractivity contribution in [3.8, 4) is 0 Å². The highest BCUT2D eigenvalue weighted by atomic mass is 32.1. The molecule has 0 radical (unpaired) electrons. The Hall–Kier alpha value is -1.48. The van der Waals surface area contributed by atoms with Crippen LogP contribution in [0.25, 0.3) is 0 Å². The molecule has 84 valence electrons. The molecule has 0 aliphatic heterocycles. The monoisotopic (exact) mass is 232 g/mol. The van der Waals surface area contributed by atoms with Gasteiger partial charge in [0.25, 0.3) is 0 Å². The molecule has 3 heteroatoms. The normalized spacial score (nSPS) is 10.3. The molecule has 0 saturated carbocycles. The number of anilines is 2. The number of para-hydroxylation sites is 1. The lowest BCUT2D eigenvalue weighted by Gasteiger charge is -2.10. The third kappa shape index (κ3) is 2.36. The molecule has 0 aliphatic carbocycles. The van der Waals surface area contributed by atoms with Gasteiger partial charge in [0.05, 0.1) is 6.54 Å². The van der Waals surface area contributed by atoms with E-state index in [0.717, 1.165) is 18.7 Å². The van der Waals surface area contributed by atoms with Gasteiger partial charge in [-0.3, -0.25) is 0 Å². The van der Waals surface area contributed by atoms with Crippen molar-refractivity contribution >= 4 is 22.7 Å². The first kappa shape index (κ1) is 11.0. The third-order valence-electron chi connectivity index (χ3n) is 2.62. The molecular weight excluding hydrogens is 216 g/mol. The molecule has 0 fully saturated rings. The summed E-state index contributed by atoms with van der Waals surface area (Å²) < 4.78 is 0. The fourth-order valence-corrected chi connectivity index (χ4v) is 2.41. The maximum absolute atomic E-state index is 5.85. The Labute approximate surface area is 100 Å². The molecule has 0 unspecified atom stereocenters. The van der Waals surface area contributed by atoms with Crippen LogP contribution in [0.15, 0.2) is 35.7 Å². The molecule has 1 aromatic carbocycles. The van der Waals surface area contributed by atoms with Crippen LogP contribution in [0.3, 0.4) is 0 Å².